The number of hydrogen-bond acceptors (Lipinski definition) is 2. The first kappa shape index (κ1) is 20.0. The Bertz CT molecular complexity index is 318. The monoisotopic (exact) mass is 242 g/mol. The molecule has 1 aromatic carbocycles. The Kier molecular flexibility index (Phi) is 11.8. The van der Waals surface area contributed by atoms with Gasteiger partial charge in [-0.15, -0.1) is 0 Å². The van der Waals surface area contributed by atoms with Crippen LogP contribution in [0.4, 0.5) is 0 Å². The summed E-state index contributed by atoms with van der Waals surface area (Å²) in [5.41, 5.74) is -0.0372. The van der Waals surface area contributed by atoms with Gasteiger partial charge in [0, 0.05) is 0 Å². The van der Waals surface area contributed by atoms with Gasteiger partial charge in [0.2, 0.25) is 0 Å². The summed E-state index contributed by atoms with van der Waals surface area (Å²) in [4.78, 5) is 20.8. The molecule has 4 N–H and O–H groups in total. The van der Waals surface area contributed by atoms with Gasteiger partial charge < -0.3 is 17.1 Å². The van der Waals surface area contributed by atoms with Crippen molar-refractivity contribution in [2.24, 2.45) is 0 Å². The Hall–Kier alpha value is -0.450. The molecule has 0 heterocycles. The molecule has 0 saturated carbocycles. The van der Waals surface area contributed by atoms with Crippen LogP contribution in [0.1, 0.15) is 22.1 Å². The van der Waals surface area contributed by atoms with E-state index in [1.165, 1.54) is 18.2 Å². The Morgan fingerprint density at radius 1 is 1.07 bits per heavy atom. The van der Waals surface area contributed by atoms with E-state index in [1.807, 2.05) is 0 Å². The number of rotatable bonds is 2. The largest absolute Gasteiger partial charge is 1.00 e. The quantitative estimate of drug-likeness (QED) is 0.439. The second-order valence-electron chi connectivity index (χ2n) is 2.19. The van der Waals surface area contributed by atoms with Crippen LogP contribution in [0.3, 0.4) is 0 Å². The third-order valence-electron chi connectivity index (χ3n) is 1.36. The second kappa shape index (κ2) is 8.83. The number of benzene rings is 1. The first-order chi connectivity index (χ1) is 5.61. The molecule has 0 radical (unpaired) electrons. The first-order valence-electron chi connectivity index (χ1n) is 3.18. The maximum atomic E-state index is 10.4. The Labute approximate surface area is 113 Å². The van der Waals surface area contributed by atoms with E-state index in [2.05, 4.69) is 0 Å². The van der Waals surface area contributed by atoms with Crippen LogP contribution < -0.4 is 29.6 Å². The van der Waals surface area contributed by atoms with E-state index < -0.39 is 11.9 Å². The molecule has 15 heavy (non-hydrogen) atoms. The van der Waals surface area contributed by atoms with E-state index in [-0.39, 0.29) is 57.5 Å². The Morgan fingerprint density at radius 2 is 1.40 bits per heavy atom. The summed E-state index contributed by atoms with van der Waals surface area (Å²) in [5, 5.41) is 17.0. The zero-order valence-corrected chi connectivity index (χ0v) is 11.6. The standard InChI is InChI=1S/C8H6O4.Na.H2O.H3P.H/c9-7(10)5-2-1-3-6(4-5)8(11)12;;;;/h1-4H,(H,9,10)(H,11,12);;1H2;1H3;/q;+1;;;-1. The fourth-order valence-electron chi connectivity index (χ4n) is 0.785. The van der Waals surface area contributed by atoms with E-state index in [1.54, 1.807) is 0 Å². The van der Waals surface area contributed by atoms with Crippen LogP contribution in [0.15, 0.2) is 24.3 Å². The normalized spacial score (nSPS) is 7.47. The van der Waals surface area contributed by atoms with Gasteiger partial charge in [0.05, 0.1) is 11.1 Å². The van der Waals surface area contributed by atoms with Crippen LogP contribution in [0.5, 0.6) is 0 Å². The molecule has 0 aliphatic heterocycles. The van der Waals surface area contributed by atoms with Crippen molar-refractivity contribution in [2.45, 2.75) is 0 Å². The third kappa shape index (κ3) is 5.87. The number of carbonyl (C=O) groups is 2. The first-order valence-corrected chi connectivity index (χ1v) is 3.18. The van der Waals surface area contributed by atoms with Crippen molar-refractivity contribution in [2.75, 3.05) is 0 Å². The van der Waals surface area contributed by atoms with Crippen molar-refractivity contribution in [3.8, 4) is 0 Å². The van der Waals surface area contributed by atoms with Gasteiger partial charge in [-0.2, -0.15) is 9.90 Å². The Morgan fingerprint density at radius 3 is 1.67 bits per heavy atom. The summed E-state index contributed by atoms with van der Waals surface area (Å²) >= 11 is 0. The summed E-state index contributed by atoms with van der Waals surface area (Å²) in [6.45, 7) is 0. The van der Waals surface area contributed by atoms with Gasteiger partial charge in [-0.05, 0) is 18.2 Å². The minimum atomic E-state index is -1.13. The van der Waals surface area contributed by atoms with Crippen molar-refractivity contribution >= 4 is 21.8 Å². The van der Waals surface area contributed by atoms with Crippen LogP contribution in [0.25, 0.3) is 0 Å². The summed E-state index contributed by atoms with van der Waals surface area (Å²) in [7, 11) is 0. The van der Waals surface area contributed by atoms with Crippen LogP contribution in [0, 0.1) is 0 Å². The fourth-order valence-corrected chi connectivity index (χ4v) is 0.785. The SMILES string of the molecule is O.O=C(O)c1cccc(C(=O)O)c1.P.[H-].[Na+]. The zero-order valence-electron chi connectivity index (χ0n) is 9.23. The maximum absolute atomic E-state index is 10.4. The molecule has 0 amide bonds. The van der Waals surface area contributed by atoms with E-state index in [4.69, 9.17) is 10.2 Å². The molecule has 5 nitrogen and oxygen atoms in total. The summed E-state index contributed by atoms with van der Waals surface area (Å²) in [6.07, 6.45) is 0. The molecule has 0 aliphatic rings. The molecule has 7 heteroatoms. The fraction of sp³-hybridized carbons (Fsp3) is 0. The summed E-state index contributed by atoms with van der Waals surface area (Å²) in [6, 6.07) is 5.20. The summed E-state index contributed by atoms with van der Waals surface area (Å²) in [5.74, 6) is -2.25. The molecule has 0 fully saturated rings. The molecule has 0 aliphatic carbocycles. The molecular formula is C8H12NaO5P. The van der Waals surface area contributed by atoms with Crippen LogP contribution in [-0.4, -0.2) is 27.6 Å². The van der Waals surface area contributed by atoms with E-state index >= 15 is 0 Å². The summed E-state index contributed by atoms with van der Waals surface area (Å²) < 4.78 is 0. The van der Waals surface area contributed by atoms with Crippen molar-refractivity contribution in [1.29, 1.82) is 0 Å². The number of aromatic carboxylic acids is 2. The van der Waals surface area contributed by atoms with Crippen molar-refractivity contribution in [3.63, 3.8) is 0 Å². The number of hydrogen-bond donors (Lipinski definition) is 2. The number of carboxylic acid groups (broad SMARTS) is 2. The van der Waals surface area contributed by atoms with Gasteiger partial charge in [0.15, 0.2) is 0 Å². The van der Waals surface area contributed by atoms with Gasteiger partial charge >= 0.3 is 41.5 Å². The molecule has 80 valence electrons. The molecule has 0 bridgehead atoms. The van der Waals surface area contributed by atoms with Gasteiger partial charge in [-0.25, -0.2) is 9.59 Å². The van der Waals surface area contributed by atoms with E-state index in [0.29, 0.717) is 0 Å². The second-order valence-corrected chi connectivity index (χ2v) is 2.19. The van der Waals surface area contributed by atoms with Crippen molar-refractivity contribution in [3.05, 3.63) is 35.4 Å². The average Bonchev–Trinajstić information content (AvgIpc) is 2.04. The predicted octanol–water partition coefficient (Wildman–Crippen LogP) is -2.57. The molecular weight excluding hydrogens is 230 g/mol. The molecule has 0 aromatic heterocycles. The van der Waals surface area contributed by atoms with Crippen molar-refractivity contribution in [1.82, 2.24) is 0 Å². The smallest absolute Gasteiger partial charge is 1.00 e. The maximum Gasteiger partial charge on any atom is 1.00 e. The molecule has 1 rings (SSSR count). The van der Waals surface area contributed by atoms with Crippen LogP contribution in [0.2, 0.25) is 0 Å². The average molecular weight is 242 g/mol. The number of carboxylic acids is 2. The zero-order chi connectivity index (χ0) is 9.14. The van der Waals surface area contributed by atoms with Crippen LogP contribution in [-0.2, 0) is 0 Å². The third-order valence-corrected chi connectivity index (χ3v) is 1.36. The van der Waals surface area contributed by atoms with Gasteiger partial charge in [-0.3, -0.25) is 0 Å². The topological polar surface area (TPSA) is 106 Å². The molecule has 0 spiro atoms. The molecule has 0 saturated heterocycles. The minimum absolute atomic E-state index is 0. The van der Waals surface area contributed by atoms with E-state index in [0.717, 1.165) is 6.07 Å². The van der Waals surface area contributed by atoms with Crippen molar-refractivity contribution < 1.29 is 56.3 Å². The molecule has 1 atom stereocenters. The van der Waals surface area contributed by atoms with Crippen LogP contribution >= 0.6 is 9.90 Å². The minimum Gasteiger partial charge on any atom is -1.00 e. The van der Waals surface area contributed by atoms with Gasteiger partial charge in [0.25, 0.3) is 0 Å². The molecule has 1 unspecified atom stereocenters. The predicted molar refractivity (Wildman–Crippen MR) is 56.2 cm³/mol. The Balaban J connectivity index is -0.000000180. The molecule has 1 aromatic rings. The van der Waals surface area contributed by atoms with Gasteiger partial charge in [-0.1, -0.05) is 6.07 Å². The van der Waals surface area contributed by atoms with E-state index in [9.17, 15) is 9.59 Å². The van der Waals surface area contributed by atoms with Gasteiger partial charge in [0.1, 0.15) is 0 Å².